The predicted octanol–water partition coefficient (Wildman–Crippen LogP) is 0.0973. The normalized spacial score (nSPS) is 29.4. The molecule has 0 aromatic heterocycles. The number of Topliss-reactive ketones (excluding diaryl/α,β-unsaturated/α-hetero) is 1. The third kappa shape index (κ3) is 2.01. The maximum absolute atomic E-state index is 10.8. The molecule has 0 aliphatic heterocycles. The highest BCUT2D eigenvalue weighted by molar-refractivity contribution is 5.86. The van der Waals surface area contributed by atoms with E-state index in [1.165, 1.54) is 0 Å². The molecule has 0 bridgehead atoms. The molecule has 0 aromatic carbocycles. The van der Waals surface area contributed by atoms with Crippen molar-refractivity contribution in [2.45, 2.75) is 38.4 Å². The molecule has 0 aromatic rings. The number of carbonyl (C=O) groups excluding carboxylic acids is 1. The minimum Gasteiger partial charge on any atom is -0.393 e. The zero-order chi connectivity index (χ0) is 8.43. The van der Waals surface area contributed by atoms with Crippen LogP contribution in [0, 0.1) is 5.92 Å². The Labute approximate surface area is 66.0 Å². The number of hydrogen-bond donors (Lipinski definition) is 2. The highest BCUT2D eigenvalue weighted by Gasteiger charge is 2.34. The molecule has 0 spiro atoms. The number of hydrogen-bond acceptors (Lipinski definition) is 3. The van der Waals surface area contributed by atoms with Gasteiger partial charge in [-0.05, 0) is 19.8 Å². The second kappa shape index (κ2) is 3.32. The van der Waals surface area contributed by atoms with Crippen LogP contribution in [0.25, 0.3) is 0 Å². The van der Waals surface area contributed by atoms with Crippen molar-refractivity contribution >= 4 is 5.78 Å². The predicted molar refractivity (Wildman–Crippen MR) is 40.0 cm³/mol. The van der Waals surface area contributed by atoms with Crippen LogP contribution >= 0.6 is 0 Å². The van der Waals surface area contributed by atoms with Gasteiger partial charge in [-0.1, -0.05) is 0 Å². The van der Waals surface area contributed by atoms with E-state index in [4.69, 9.17) is 5.11 Å². The molecule has 64 valence electrons. The van der Waals surface area contributed by atoms with Crippen LogP contribution in [0.5, 0.6) is 0 Å². The van der Waals surface area contributed by atoms with Gasteiger partial charge in [-0.25, -0.2) is 0 Å². The van der Waals surface area contributed by atoms with E-state index in [0.717, 1.165) is 6.42 Å². The van der Waals surface area contributed by atoms with Crippen molar-refractivity contribution in [3.8, 4) is 0 Å². The Balaban J connectivity index is 2.29. The molecule has 1 rings (SSSR count). The Kier molecular flexibility index (Phi) is 2.62. The van der Waals surface area contributed by atoms with E-state index in [9.17, 15) is 9.90 Å². The average Bonchev–Trinajstić information content (AvgIpc) is 1.82. The van der Waals surface area contributed by atoms with Gasteiger partial charge in [0.2, 0.25) is 0 Å². The van der Waals surface area contributed by atoms with Gasteiger partial charge < -0.3 is 10.2 Å². The summed E-state index contributed by atoms with van der Waals surface area (Å²) < 4.78 is 0. The molecule has 1 saturated carbocycles. The fourth-order valence-corrected chi connectivity index (χ4v) is 1.35. The van der Waals surface area contributed by atoms with Crippen LogP contribution in [-0.2, 0) is 4.79 Å². The van der Waals surface area contributed by atoms with Gasteiger partial charge in [-0.2, -0.15) is 0 Å². The average molecular weight is 158 g/mol. The van der Waals surface area contributed by atoms with E-state index < -0.39 is 12.2 Å². The summed E-state index contributed by atoms with van der Waals surface area (Å²) in [7, 11) is 0. The van der Waals surface area contributed by atoms with E-state index in [0.29, 0.717) is 12.8 Å². The molecule has 1 fully saturated rings. The first-order chi connectivity index (χ1) is 5.11. The van der Waals surface area contributed by atoms with Gasteiger partial charge in [0.05, 0.1) is 12.2 Å². The Morgan fingerprint density at radius 1 is 1.64 bits per heavy atom. The minimum absolute atomic E-state index is 0.137. The minimum atomic E-state index is -0.628. The molecule has 3 atom stereocenters. The maximum atomic E-state index is 10.8. The Hall–Kier alpha value is -0.410. The first-order valence-corrected chi connectivity index (χ1v) is 4.00. The first kappa shape index (κ1) is 8.68. The van der Waals surface area contributed by atoms with Gasteiger partial charge in [0.25, 0.3) is 0 Å². The summed E-state index contributed by atoms with van der Waals surface area (Å²) in [5, 5.41) is 18.2. The zero-order valence-electron chi connectivity index (χ0n) is 6.66. The van der Waals surface area contributed by atoms with E-state index in [2.05, 4.69) is 0 Å². The first-order valence-electron chi connectivity index (χ1n) is 4.00. The molecule has 1 aliphatic carbocycles. The van der Waals surface area contributed by atoms with Crippen molar-refractivity contribution < 1.29 is 15.0 Å². The molecule has 1 aliphatic rings. The number of carbonyl (C=O) groups is 1. The van der Waals surface area contributed by atoms with Crippen LogP contribution in [0.1, 0.15) is 26.2 Å². The molecule has 11 heavy (non-hydrogen) atoms. The molecule has 0 unspecified atom stereocenters. The van der Waals surface area contributed by atoms with E-state index >= 15 is 0 Å². The summed E-state index contributed by atoms with van der Waals surface area (Å²) in [5.74, 6) is -0.0530. The van der Waals surface area contributed by atoms with Crippen molar-refractivity contribution in [1.29, 1.82) is 0 Å². The second-order valence-corrected chi connectivity index (χ2v) is 3.26. The molecular formula is C8H14O3. The van der Waals surface area contributed by atoms with Gasteiger partial charge in [-0.3, -0.25) is 4.79 Å². The van der Waals surface area contributed by atoms with Crippen LogP contribution < -0.4 is 0 Å². The van der Waals surface area contributed by atoms with Crippen LogP contribution in [0.15, 0.2) is 0 Å². The summed E-state index contributed by atoms with van der Waals surface area (Å²) in [4.78, 5) is 10.8. The third-order valence-electron chi connectivity index (χ3n) is 2.16. The smallest absolute Gasteiger partial charge is 0.138 e. The summed E-state index contributed by atoms with van der Waals surface area (Å²) in [5.41, 5.74) is 0. The summed E-state index contributed by atoms with van der Waals surface area (Å²) in [6, 6.07) is 0. The molecule has 0 saturated heterocycles. The van der Waals surface area contributed by atoms with Crippen LogP contribution in [0.4, 0.5) is 0 Å². The molecule has 0 heterocycles. The number of aliphatic hydroxyl groups excluding tert-OH is 2. The fourth-order valence-electron chi connectivity index (χ4n) is 1.35. The molecule has 3 nitrogen and oxygen atoms in total. The Bertz CT molecular complexity index is 153. The van der Waals surface area contributed by atoms with Crippen LogP contribution in [-0.4, -0.2) is 28.2 Å². The fraction of sp³-hybridized carbons (Fsp3) is 0.875. The quantitative estimate of drug-likeness (QED) is 0.612. The van der Waals surface area contributed by atoms with Gasteiger partial charge in [0.15, 0.2) is 0 Å². The van der Waals surface area contributed by atoms with E-state index in [1.807, 2.05) is 0 Å². The lowest BCUT2D eigenvalue weighted by molar-refractivity contribution is -0.135. The summed E-state index contributed by atoms with van der Waals surface area (Å²) in [6.45, 7) is 1.62. The lowest BCUT2D eigenvalue weighted by Crippen LogP contribution is -2.37. The molecule has 3 heteroatoms. The molecule has 0 radical (unpaired) electrons. The second-order valence-electron chi connectivity index (χ2n) is 3.26. The Morgan fingerprint density at radius 2 is 2.27 bits per heavy atom. The van der Waals surface area contributed by atoms with E-state index in [-0.39, 0.29) is 11.7 Å². The van der Waals surface area contributed by atoms with Crippen molar-refractivity contribution in [3.05, 3.63) is 0 Å². The maximum Gasteiger partial charge on any atom is 0.138 e. The largest absolute Gasteiger partial charge is 0.393 e. The van der Waals surface area contributed by atoms with Gasteiger partial charge in [0, 0.05) is 12.3 Å². The number of aliphatic hydroxyl groups is 2. The van der Waals surface area contributed by atoms with Crippen molar-refractivity contribution in [2.24, 2.45) is 5.92 Å². The van der Waals surface area contributed by atoms with Gasteiger partial charge in [-0.15, -0.1) is 0 Å². The number of ketones is 1. The molecule has 0 amide bonds. The zero-order valence-corrected chi connectivity index (χ0v) is 6.66. The SMILES string of the molecule is C[C@H](O)C[C@@H](O)[C@H]1CCC1=O. The highest BCUT2D eigenvalue weighted by Crippen LogP contribution is 2.27. The molecular weight excluding hydrogens is 144 g/mol. The standard InChI is InChI=1S/C8H14O3/c1-5(9)4-8(11)6-2-3-7(6)10/h5-6,8-9,11H,2-4H2,1H3/t5-,6-,8+/m0/s1. The summed E-state index contributed by atoms with van der Waals surface area (Å²) >= 11 is 0. The number of rotatable bonds is 3. The topological polar surface area (TPSA) is 57.5 Å². The summed E-state index contributed by atoms with van der Waals surface area (Å²) in [6.07, 6.45) is 0.555. The van der Waals surface area contributed by atoms with Crippen LogP contribution in [0.2, 0.25) is 0 Å². The third-order valence-corrected chi connectivity index (χ3v) is 2.16. The van der Waals surface area contributed by atoms with Gasteiger partial charge in [0.1, 0.15) is 5.78 Å². The lowest BCUT2D eigenvalue weighted by atomic mass is 9.78. The monoisotopic (exact) mass is 158 g/mol. The highest BCUT2D eigenvalue weighted by atomic mass is 16.3. The van der Waals surface area contributed by atoms with E-state index in [1.54, 1.807) is 6.92 Å². The Morgan fingerprint density at radius 3 is 2.55 bits per heavy atom. The van der Waals surface area contributed by atoms with Crippen molar-refractivity contribution in [2.75, 3.05) is 0 Å². The van der Waals surface area contributed by atoms with Crippen molar-refractivity contribution in [1.82, 2.24) is 0 Å². The van der Waals surface area contributed by atoms with Crippen LogP contribution in [0.3, 0.4) is 0 Å². The van der Waals surface area contributed by atoms with Crippen molar-refractivity contribution in [3.63, 3.8) is 0 Å². The lowest BCUT2D eigenvalue weighted by Gasteiger charge is -2.29. The van der Waals surface area contributed by atoms with Gasteiger partial charge >= 0.3 is 0 Å². The molecule has 2 N–H and O–H groups in total.